The second-order valence-corrected chi connectivity index (χ2v) is 6.99. The highest BCUT2D eigenvalue weighted by Crippen LogP contribution is 2.34. The van der Waals surface area contributed by atoms with Crippen LogP contribution in [0.3, 0.4) is 0 Å². The van der Waals surface area contributed by atoms with Crippen molar-refractivity contribution in [3.63, 3.8) is 0 Å². The minimum Gasteiger partial charge on any atom is -0.491 e. The van der Waals surface area contributed by atoms with Crippen LogP contribution in [0.5, 0.6) is 5.75 Å². The third kappa shape index (κ3) is 3.28. The van der Waals surface area contributed by atoms with E-state index < -0.39 is 0 Å². The monoisotopic (exact) mass is 291 g/mol. The summed E-state index contributed by atoms with van der Waals surface area (Å²) in [5.41, 5.74) is 2.26. The van der Waals surface area contributed by atoms with Gasteiger partial charge in [-0.15, -0.1) is 0 Å². The Labute approximate surface area is 124 Å². The molecule has 1 aliphatic rings. The summed E-state index contributed by atoms with van der Waals surface area (Å²) in [5.74, 6) is 3.49. The molecule has 1 aromatic carbocycles. The van der Waals surface area contributed by atoms with Gasteiger partial charge in [0.05, 0.1) is 6.61 Å². The third-order valence-electron chi connectivity index (χ3n) is 3.50. The highest BCUT2D eigenvalue weighted by molar-refractivity contribution is 7.97. The van der Waals surface area contributed by atoms with Gasteiger partial charge in [-0.25, -0.2) is 0 Å². The molecule has 0 aliphatic carbocycles. The molecule has 2 nitrogen and oxygen atoms in total. The molecule has 0 N–H and O–H groups in total. The molecule has 0 aromatic heterocycles. The van der Waals surface area contributed by atoms with Crippen LogP contribution in [0.4, 0.5) is 0 Å². The van der Waals surface area contributed by atoms with Crippen LogP contribution in [-0.4, -0.2) is 31.8 Å². The van der Waals surface area contributed by atoms with Gasteiger partial charge < -0.3 is 9.47 Å². The summed E-state index contributed by atoms with van der Waals surface area (Å²) in [5, 5.41) is 0. The Morgan fingerprint density at radius 1 is 1.10 bits per heavy atom. The maximum atomic E-state index is 5.79. The number of hydrogen-bond acceptors (Lipinski definition) is 2. The van der Waals surface area contributed by atoms with Gasteiger partial charge in [0.2, 0.25) is 0 Å². The second-order valence-electron chi connectivity index (χ2n) is 4.75. The van der Waals surface area contributed by atoms with Gasteiger partial charge in [-0.2, -0.15) is 0 Å². The fraction of sp³-hybridized carbons (Fsp3) is 0.412. The maximum absolute atomic E-state index is 5.79. The first kappa shape index (κ1) is 15.2. The van der Waals surface area contributed by atoms with E-state index in [2.05, 4.69) is 25.3 Å². The van der Waals surface area contributed by atoms with Gasteiger partial charge in [0.15, 0.2) is 4.90 Å². The Morgan fingerprint density at radius 2 is 1.80 bits per heavy atom. The van der Waals surface area contributed by atoms with E-state index in [1.807, 2.05) is 12.2 Å². The molecule has 1 aliphatic heterocycles. The molecule has 0 amide bonds. The Morgan fingerprint density at radius 3 is 2.40 bits per heavy atom. The van der Waals surface area contributed by atoms with Crippen LogP contribution in [-0.2, 0) is 15.6 Å². The van der Waals surface area contributed by atoms with Crippen molar-refractivity contribution in [3.05, 3.63) is 36.4 Å². The molecule has 1 aromatic rings. The van der Waals surface area contributed by atoms with E-state index in [0.717, 1.165) is 11.3 Å². The lowest BCUT2D eigenvalue weighted by Gasteiger charge is -2.14. The van der Waals surface area contributed by atoms with Gasteiger partial charge in [-0.05, 0) is 25.0 Å². The average molecular weight is 291 g/mol. The lowest BCUT2D eigenvalue weighted by molar-refractivity contribution is 0.146. The molecule has 0 unspecified atom stereocenters. The first-order valence-electron chi connectivity index (χ1n) is 7.03. The first-order chi connectivity index (χ1) is 9.81. The van der Waals surface area contributed by atoms with E-state index in [-0.39, 0.29) is 0 Å². The van der Waals surface area contributed by atoms with Crippen LogP contribution < -0.4 is 4.74 Å². The summed E-state index contributed by atoms with van der Waals surface area (Å²) in [4.78, 5) is 1.42. The highest BCUT2D eigenvalue weighted by atomic mass is 32.2. The van der Waals surface area contributed by atoms with Crippen molar-refractivity contribution < 1.29 is 9.47 Å². The van der Waals surface area contributed by atoms with Crippen LogP contribution >= 0.6 is 0 Å². The minimum atomic E-state index is 0.371. The normalized spacial score (nSPS) is 15.2. The zero-order chi connectivity index (χ0) is 14.4. The molecular formula is C17H23O2S+. The summed E-state index contributed by atoms with van der Waals surface area (Å²) >= 11 is 0. The molecule has 1 heterocycles. The number of benzene rings is 1. The lowest BCUT2D eigenvalue weighted by Crippen LogP contribution is -2.09. The molecule has 0 spiro atoms. The number of hydrogen-bond donors (Lipinski definition) is 0. The largest absolute Gasteiger partial charge is 0.491 e. The molecule has 1 saturated heterocycles. The Bertz CT molecular complexity index is 476. The first-order valence-corrected chi connectivity index (χ1v) is 8.59. The number of methoxy groups -OCH3 is 1. The summed E-state index contributed by atoms with van der Waals surface area (Å²) in [6.07, 6.45) is 6.51. The topological polar surface area (TPSA) is 18.5 Å². The van der Waals surface area contributed by atoms with Crippen molar-refractivity contribution in [1.82, 2.24) is 0 Å². The molecule has 3 heteroatoms. The van der Waals surface area contributed by atoms with E-state index in [1.165, 1.54) is 34.8 Å². The molecule has 108 valence electrons. The lowest BCUT2D eigenvalue weighted by atomic mass is 10.1. The van der Waals surface area contributed by atoms with Gasteiger partial charge in [0.1, 0.15) is 23.9 Å². The molecule has 0 saturated carbocycles. The Kier molecular flexibility index (Phi) is 5.74. The molecule has 2 rings (SSSR count). The van der Waals surface area contributed by atoms with E-state index in [4.69, 9.17) is 9.47 Å². The molecular weight excluding hydrogens is 268 g/mol. The van der Waals surface area contributed by atoms with Crippen molar-refractivity contribution in [1.29, 1.82) is 0 Å². The fourth-order valence-corrected chi connectivity index (χ4v) is 5.02. The quantitative estimate of drug-likeness (QED) is 0.562. The molecule has 0 radical (unpaired) electrons. The molecule has 1 fully saturated rings. The van der Waals surface area contributed by atoms with Crippen LogP contribution in [0.2, 0.25) is 0 Å². The summed E-state index contributed by atoms with van der Waals surface area (Å²) < 4.78 is 10.8. The smallest absolute Gasteiger partial charge is 0.162 e. The standard InChI is InChI=1S/C17H23O2S/c1-4-14-15(5-2)17(20-12-6-7-13-20)9-8-16(14)19-11-10-18-3/h4-5,8-9H,1-2,6-7,10-13H2,3H3/q+1. The van der Waals surface area contributed by atoms with Crippen LogP contribution in [0, 0.1) is 0 Å². The van der Waals surface area contributed by atoms with Gasteiger partial charge in [-0.1, -0.05) is 25.3 Å². The summed E-state index contributed by atoms with van der Waals surface area (Å²) in [6, 6.07) is 4.28. The van der Waals surface area contributed by atoms with Crippen molar-refractivity contribution in [2.75, 3.05) is 31.8 Å². The van der Waals surface area contributed by atoms with Crippen molar-refractivity contribution in [2.24, 2.45) is 0 Å². The minimum absolute atomic E-state index is 0.371. The van der Waals surface area contributed by atoms with Gasteiger partial charge >= 0.3 is 0 Å². The summed E-state index contributed by atoms with van der Waals surface area (Å²) in [7, 11) is 2.05. The van der Waals surface area contributed by atoms with Gasteiger partial charge in [0.25, 0.3) is 0 Å². The SMILES string of the molecule is C=Cc1c(OCCOC)ccc([S+]2CCCC2)c1C=C. The second kappa shape index (κ2) is 7.55. The molecule has 20 heavy (non-hydrogen) atoms. The van der Waals surface area contributed by atoms with E-state index in [0.29, 0.717) is 24.1 Å². The van der Waals surface area contributed by atoms with E-state index >= 15 is 0 Å². The fourth-order valence-electron chi connectivity index (χ4n) is 2.50. The maximum Gasteiger partial charge on any atom is 0.162 e. The van der Waals surface area contributed by atoms with Crippen molar-refractivity contribution in [3.8, 4) is 5.75 Å². The Balaban J connectivity index is 2.31. The van der Waals surface area contributed by atoms with Gasteiger partial charge in [-0.3, -0.25) is 0 Å². The van der Waals surface area contributed by atoms with Crippen LogP contribution in [0.25, 0.3) is 12.2 Å². The van der Waals surface area contributed by atoms with E-state index in [9.17, 15) is 0 Å². The Hall–Kier alpha value is -1.19. The third-order valence-corrected chi connectivity index (χ3v) is 6.04. The number of ether oxygens (including phenoxy) is 2. The average Bonchev–Trinajstić information content (AvgIpc) is 3.00. The molecule has 0 bridgehead atoms. The van der Waals surface area contributed by atoms with Gasteiger partial charge in [0, 0.05) is 29.1 Å². The van der Waals surface area contributed by atoms with Crippen LogP contribution in [0.1, 0.15) is 24.0 Å². The van der Waals surface area contributed by atoms with Crippen LogP contribution in [0.15, 0.2) is 30.2 Å². The van der Waals surface area contributed by atoms with Crippen molar-refractivity contribution in [2.45, 2.75) is 17.7 Å². The molecule has 0 atom stereocenters. The highest BCUT2D eigenvalue weighted by Gasteiger charge is 2.30. The zero-order valence-corrected chi connectivity index (χ0v) is 13.0. The van der Waals surface area contributed by atoms with E-state index in [1.54, 1.807) is 7.11 Å². The van der Waals surface area contributed by atoms with Crippen molar-refractivity contribution >= 4 is 23.0 Å². The zero-order valence-electron chi connectivity index (χ0n) is 12.2. The summed E-state index contributed by atoms with van der Waals surface area (Å²) in [6.45, 7) is 9.07. The number of rotatable bonds is 7. The predicted molar refractivity (Wildman–Crippen MR) is 88.6 cm³/mol. The predicted octanol–water partition coefficient (Wildman–Crippen LogP) is 3.77.